The molecule has 1 heterocycles. The minimum atomic E-state index is -1.39. The largest absolute Gasteiger partial charge is 0.505 e. The van der Waals surface area contributed by atoms with E-state index in [1.807, 2.05) is 19.1 Å². The van der Waals surface area contributed by atoms with Gasteiger partial charge in [-0.05, 0) is 24.1 Å². The van der Waals surface area contributed by atoms with Crippen molar-refractivity contribution < 1.29 is 15.0 Å². The van der Waals surface area contributed by atoms with Gasteiger partial charge < -0.3 is 10.2 Å². The molecule has 0 saturated carbocycles. The van der Waals surface area contributed by atoms with Crippen LogP contribution in [-0.2, 0) is 6.42 Å². The number of carboxylic acids is 1. The quantitative estimate of drug-likeness (QED) is 0.865. The van der Waals surface area contributed by atoms with Gasteiger partial charge in [-0.2, -0.15) is 9.78 Å². The highest BCUT2D eigenvalue weighted by Crippen LogP contribution is 2.13. The van der Waals surface area contributed by atoms with Gasteiger partial charge in [-0.25, -0.2) is 4.79 Å². The first-order valence-corrected chi connectivity index (χ1v) is 5.69. The summed E-state index contributed by atoms with van der Waals surface area (Å²) in [5, 5.41) is 21.9. The second kappa shape index (κ2) is 4.93. The molecule has 0 aliphatic heterocycles. The first-order valence-electron chi connectivity index (χ1n) is 5.69. The number of aromatic nitrogens is 2. The van der Waals surface area contributed by atoms with Gasteiger partial charge >= 0.3 is 5.97 Å². The van der Waals surface area contributed by atoms with E-state index in [4.69, 9.17) is 5.11 Å². The molecule has 1 aromatic carbocycles. The molecule has 0 amide bonds. The van der Waals surface area contributed by atoms with Gasteiger partial charge in [0.2, 0.25) is 5.69 Å². The number of aromatic carboxylic acids is 1. The van der Waals surface area contributed by atoms with Crippen molar-refractivity contribution in [2.24, 2.45) is 0 Å². The number of carbonyl (C=O) groups is 1. The molecule has 0 atom stereocenters. The van der Waals surface area contributed by atoms with Crippen molar-refractivity contribution in [3.8, 4) is 11.4 Å². The normalized spacial score (nSPS) is 10.4. The number of hydrogen-bond donors (Lipinski definition) is 2. The Balaban J connectivity index is 2.57. The fourth-order valence-electron chi connectivity index (χ4n) is 1.66. The molecule has 0 fully saturated rings. The van der Waals surface area contributed by atoms with Crippen LogP contribution in [-0.4, -0.2) is 26.0 Å². The van der Waals surface area contributed by atoms with Crippen LogP contribution in [0.2, 0.25) is 0 Å². The van der Waals surface area contributed by atoms with E-state index >= 15 is 0 Å². The van der Waals surface area contributed by atoms with Crippen molar-refractivity contribution in [2.75, 3.05) is 0 Å². The molecule has 2 rings (SSSR count). The third-order valence-corrected chi connectivity index (χ3v) is 2.70. The molecule has 0 aliphatic rings. The molecular formula is C13H12N2O4. The Morgan fingerprint density at radius 2 is 1.95 bits per heavy atom. The smallest absolute Gasteiger partial charge is 0.360 e. The summed E-state index contributed by atoms with van der Waals surface area (Å²) in [5.41, 5.74) is 0.393. The fraction of sp³-hybridized carbons (Fsp3) is 0.154. The van der Waals surface area contributed by atoms with Crippen LogP contribution < -0.4 is 5.56 Å². The van der Waals surface area contributed by atoms with Crippen molar-refractivity contribution in [2.45, 2.75) is 13.3 Å². The molecule has 0 bridgehead atoms. The summed E-state index contributed by atoms with van der Waals surface area (Å²) in [6, 6.07) is 7.85. The summed E-state index contributed by atoms with van der Waals surface area (Å²) < 4.78 is 0.947. The summed E-state index contributed by atoms with van der Waals surface area (Å²) in [6.45, 7) is 2.00. The average molecular weight is 260 g/mol. The summed E-state index contributed by atoms with van der Waals surface area (Å²) in [7, 11) is 0. The van der Waals surface area contributed by atoms with Crippen molar-refractivity contribution in [3.05, 3.63) is 51.9 Å². The number of aromatic hydroxyl groups is 1. The zero-order chi connectivity index (χ0) is 14.0. The number of benzene rings is 1. The Labute approximate surface area is 108 Å². The molecule has 0 saturated heterocycles. The van der Waals surface area contributed by atoms with Gasteiger partial charge in [0.15, 0.2) is 5.75 Å². The highest BCUT2D eigenvalue weighted by Gasteiger charge is 2.15. The predicted octanol–water partition coefficient (Wildman–Crippen LogP) is 1.20. The highest BCUT2D eigenvalue weighted by atomic mass is 16.4. The topological polar surface area (TPSA) is 92.4 Å². The van der Waals surface area contributed by atoms with Crippen molar-refractivity contribution in [1.82, 2.24) is 9.78 Å². The average Bonchev–Trinajstić information content (AvgIpc) is 2.38. The Hall–Kier alpha value is -2.63. The lowest BCUT2D eigenvalue weighted by Gasteiger charge is -2.07. The van der Waals surface area contributed by atoms with E-state index in [-0.39, 0.29) is 0 Å². The van der Waals surface area contributed by atoms with Crippen molar-refractivity contribution >= 4 is 5.97 Å². The summed E-state index contributed by atoms with van der Waals surface area (Å²) in [6.07, 6.45) is 0.860. The fourth-order valence-corrected chi connectivity index (χ4v) is 1.66. The SMILES string of the molecule is CCc1ccc(-n2nc(C(=O)O)c(O)cc2=O)cc1. The van der Waals surface area contributed by atoms with E-state index < -0.39 is 23.0 Å². The van der Waals surface area contributed by atoms with Crippen LogP contribution in [0.3, 0.4) is 0 Å². The number of nitrogens with zero attached hydrogens (tertiary/aromatic N) is 2. The van der Waals surface area contributed by atoms with E-state index in [1.54, 1.807) is 12.1 Å². The van der Waals surface area contributed by atoms with Gasteiger partial charge in [-0.15, -0.1) is 0 Å². The van der Waals surface area contributed by atoms with Gasteiger partial charge in [0.25, 0.3) is 5.56 Å². The number of carboxylic acid groups (broad SMARTS) is 1. The number of rotatable bonds is 3. The molecule has 0 spiro atoms. The number of aryl methyl sites for hydroxylation is 1. The van der Waals surface area contributed by atoms with Crippen LogP contribution >= 0.6 is 0 Å². The van der Waals surface area contributed by atoms with Crippen LogP contribution in [0.15, 0.2) is 35.1 Å². The molecular weight excluding hydrogens is 248 g/mol. The molecule has 0 aliphatic carbocycles. The van der Waals surface area contributed by atoms with E-state index in [9.17, 15) is 14.7 Å². The maximum atomic E-state index is 11.7. The van der Waals surface area contributed by atoms with E-state index in [1.165, 1.54) is 0 Å². The molecule has 6 heteroatoms. The summed E-state index contributed by atoms with van der Waals surface area (Å²) in [4.78, 5) is 22.6. The van der Waals surface area contributed by atoms with Crippen molar-refractivity contribution in [1.29, 1.82) is 0 Å². The van der Waals surface area contributed by atoms with Crippen LogP contribution in [0.25, 0.3) is 5.69 Å². The molecule has 0 radical (unpaired) electrons. The van der Waals surface area contributed by atoms with Gasteiger partial charge in [-0.3, -0.25) is 4.79 Å². The monoisotopic (exact) mass is 260 g/mol. The Morgan fingerprint density at radius 3 is 2.47 bits per heavy atom. The first-order chi connectivity index (χ1) is 9.02. The van der Waals surface area contributed by atoms with Crippen molar-refractivity contribution in [3.63, 3.8) is 0 Å². The first kappa shape index (κ1) is 12.8. The van der Waals surface area contributed by atoms with E-state index in [2.05, 4.69) is 5.10 Å². The molecule has 2 aromatic rings. The second-order valence-electron chi connectivity index (χ2n) is 3.95. The molecule has 98 valence electrons. The Kier molecular flexibility index (Phi) is 3.33. The minimum absolute atomic E-state index is 0.449. The van der Waals surface area contributed by atoms with Crippen LogP contribution in [0.1, 0.15) is 23.0 Å². The second-order valence-corrected chi connectivity index (χ2v) is 3.95. The zero-order valence-corrected chi connectivity index (χ0v) is 10.2. The maximum absolute atomic E-state index is 11.7. The zero-order valence-electron chi connectivity index (χ0n) is 10.2. The lowest BCUT2D eigenvalue weighted by molar-refractivity contribution is 0.0684. The third-order valence-electron chi connectivity index (χ3n) is 2.70. The maximum Gasteiger partial charge on any atom is 0.360 e. The molecule has 2 N–H and O–H groups in total. The van der Waals surface area contributed by atoms with Gasteiger partial charge in [-0.1, -0.05) is 19.1 Å². The van der Waals surface area contributed by atoms with Crippen LogP contribution in [0.5, 0.6) is 5.75 Å². The number of hydrogen-bond acceptors (Lipinski definition) is 4. The highest BCUT2D eigenvalue weighted by molar-refractivity contribution is 5.88. The standard InChI is InChI=1S/C13H12N2O4/c1-2-8-3-5-9(6-4-8)15-11(17)7-10(16)12(14-15)13(18)19/h3-7,16H,2H2,1H3,(H,18,19). The van der Waals surface area contributed by atoms with Crippen LogP contribution in [0.4, 0.5) is 0 Å². The van der Waals surface area contributed by atoms with E-state index in [0.717, 1.165) is 22.7 Å². The molecule has 0 unspecified atom stereocenters. The lowest BCUT2D eigenvalue weighted by atomic mass is 10.1. The molecule has 6 nitrogen and oxygen atoms in total. The summed E-state index contributed by atoms with van der Waals surface area (Å²) in [5.74, 6) is -2.03. The van der Waals surface area contributed by atoms with Gasteiger partial charge in [0, 0.05) is 6.07 Å². The van der Waals surface area contributed by atoms with E-state index in [0.29, 0.717) is 5.69 Å². The summed E-state index contributed by atoms with van der Waals surface area (Å²) >= 11 is 0. The Bertz CT molecular complexity index is 674. The Morgan fingerprint density at radius 1 is 1.32 bits per heavy atom. The molecule has 19 heavy (non-hydrogen) atoms. The van der Waals surface area contributed by atoms with Gasteiger partial charge in [0.1, 0.15) is 0 Å². The third kappa shape index (κ3) is 2.47. The van der Waals surface area contributed by atoms with Gasteiger partial charge in [0.05, 0.1) is 5.69 Å². The lowest BCUT2D eigenvalue weighted by Crippen LogP contribution is -2.23. The predicted molar refractivity (Wildman–Crippen MR) is 67.8 cm³/mol. The molecule has 1 aromatic heterocycles. The van der Waals surface area contributed by atoms with Crippen LogP contribution in [0, 0.1) is 0 Å². The minimum Gasteiger partial charge on any atom is -0.505 e.